The predicted octanol–water partition coefficient (Wildman–Crippen LogP) is 2.81. The Morgan fingerprint density at radius 2 is 2.00 bits per heavy atom. The maximum absolute atomic E-state index is 13.4. The van der Waals surface area contributed by atoms with Crippen molar-refractivity contribution in [3.8, 4) is 0 Å². The van der Waals surface area contributed by atoms with E-state index in [1.54, 1.807) is 19.1 Å². The number of para-hydroxylation sites is 1. The molecule has 0 amide bonds. The number of nitrogens with one attached hydrogen (secondary N) is 1. The smallest absolute Gasteiger partial charge is 0.218 e. The van der Waals surface area contributed by atoms with Crippen LogP contribution in [0.15, 0.2) is 30.6 Å². The van der Waals surface area contributed by atoms with Gasteiger partial charge < -0.3 is 5.32 Å². The third kappa shape index (κ3) is 2.13. The van der Waals surface area contributed by atoms with Gasteiger partial charge in [-0.3, -0.25) is 0 Å². The number of anilines is 2. The van der Waals surface area contributed by atoms with Gasteiger partial charge in [0.2, 0.25) is 5.95 Å². The van der Waals surface area contributed by atoms with Crippen molar-refractivity contribution in [1.29, 1.82) is 0 Å². The van der Waals surface area contributed by atoms with Crippen LogP contribution in [0.4, 0.5) is 20.3 Å². The number of hydrogen-bond acceptors (Lipinski definition) is 3. The van der Waals surface area contributed by atoms with Gasteiger partial charge in [-0.25, -0.2) is 14.4 Å². The first-order valence-electron chi connectivity index (χ1n) is 4.66. The molecular formula is C11H9F2N3. The van der Waals surface area contributed by atoms with Gasteiger partial charge >= 0.3 is 0 Å². The molecule has 2 aromatic rings. The van der Waals surface area contributed by atoms with E-state index in [0.29, 0.717) is 5.69 Å². The van der Waals surface area contributed by atoms with Crippen molar-refractivity contribution >= 4 is 11.5 Å². The Balaban J connectivity index is 2.34. The minimum atomic E-state index is -0.661. The highest BCUT2D eigenvalue weighted by atomic mass is 19.1. The van der Waals surface area contributed by atoms with Crippen molar-refractivity contribution in [2.75, 3.05) is 5.32 Å². The van der Waals surface area contributed by atoms with E-state index in [-0.39, 0.29) is 5.82 Å². The predicted molar refractivity (Wildman–Crippen MR) is 56.4 cm³/mol. The fourth-order valence-corrected chi connectivity index (χ4v) is 1.32. The zero-order valence-electron chi connectivity index (χ0n) is 8.54. The van der Waals surface area contributed by atoms with Crippen molar-refractivity contribution in [3.63, 3.8) is 0 Å². The summed E-state index contributed by atoms with van der Waals surface area (Å²) in [6.45, 7) is 1.75. The number of hydrogen-bond donors (Lipinski definition) is 1. The van der Waals surface area contributed by atoms with Crippen molar-refractivity contribution in [3.05, 3.63) is 47.9 Å². The summed E-state index contributed by atoms with van der Waals surface area (Å²) in [5, 5.41) is 2.72. The minimum Gasteiger partial charge on any atom is -0.337 e. The summed E-state index contributed by atoms with van der Waals surface area (Å²) in [6, 6.07) is 5.79. The summed E-state index contributed by atoms with van der Waals surface area (Å²) >= 11 is 0. The zero-order valence-corrected chi connectivity index (χ0v) is 8.54. The summed E-state index contributed by atoms with van der Waals surface area (Å²) in [5.74, 6) is -0.841. The summed E-state index contributed by atoms with van der Waals surface area (Å²) in [5.41, 5.74) is 1.01. The molecule has 1 N–H and O–H groups in total. The highest BCUT2D eigenvalue weighted by Gasteiger charge is 2.06. The first-order chi connectivity index (χ1) is 7.66. The highest BCUT2D eigenvalue weighted by molar-refractivity contribution is 5.60. The molecule has 1 aromatic carbocycles. The number of aryl methyl sites for hydroxylation is 1. The number of benzene rings is 1. The first kappa shape index (κ1) is 10.5. The van der Waals surface area contributed by atoms with Crippen LogP contribution in [0.3, 0.4) is 0 Å². The molecule has 5 heteroatoms. The summed E-state index contributed by atoms with van der Waals surface area (Å²) < 4.78 is 26.2. The Labute approximate surface area is 91.2 Å². The number of aromatic nitrogens is 2. The molecule has 0 saturated heterocycles. The fraction of sp³-hybridized carbons (Fsp3) is 0.0909. The summed E-state index contributed by atoms with van der Waals surface area (Å²) in [6.07, 6.45) is 1.08. The lowest BCUT2D eigenvalue weighted by Crippen LogP contribution is -1.99. The lowest BCUT2D eigenvalue weighted by molar-refractivity contribution is 0.580. The van der Waals surface area contributed by atoms with E-state index >= 15 is 0 Å². The molecule has 0 radical (unpaired) electrons. The average molecular weight is 221 g/mol. The molecule has 0 aliphatic heterocycles. The average Bonchev–Trinajstić information content (AvgIpc) is 2.24. The van der Waals surface area contributed by atoms with Gasteiger partial charge in [0.05, 0.1) is 5.69 Å². The van der Waals surface area contributed by atoms with Gasteiger partial charge in [-0.15, -0.1) is 0 Å². The molecular weight excluding hydrogens is 212 g/mol. The van der Waals surface area contributed by atoms with Crippen LogP contribution in [0.2, 0.25) is 0 Å². The van der Waals surface area contributed by atoms with Crippen LogP contribution in [0.1, 0.15) is 5.56 Å². The molecule has 0 unspecified atom stereocenters. The van der Waals surface area contributed by atoms with E-state index in [0.717, 1.165) is 18.0 Å². The van der Waals surface area contributed by atoms with Crippen LogP contribution < -0.4 is 5.32 Å². The van der Waals surface area contributed by atoms with Gasteiger partial charge in [0.25, 0.3) is 0 Å². The van der Waals surface area contributed by atoms with E-state index in [4.69, 9.17) is 0 Å². The quantitative estimate of drug-likeness (QED) is 0.792. The van der Waals surface area contributed by atoms with Gasteiger partial charge in [0.15, 0.2) is 0 Å². The van der Waals surface area contributed by atoms with Gasteiger partial charge in [0, 0.05) is 6.07 Å². The van der Waals surface area contributed by atoms with Crippen molar-refractivity contribution < 1.29 is 8.78 Å². The number of rotatable bonds is 2. The largest absolute Gasteiger partial charge is 0.337 e. The van der Waals surface area contributed by atoms with Crippen LogP contribution in [-0.2, 0) is 0 Å². The van der Waals surface area contributed by atoms with Gasteiger partial charge in [-0.2, -0.15) is 4.39 Å². The second-order valence-corrected chi connectivity index (χ2v) is 3.28. The Hall–Kier alpha value is -2.04. The molecule has 16 heavy (non-hydrogen) atoms. The second kappa shape index (κ2) is 4.22. The van der Waals surface area contributed by atoms with Crippen molar-refractivity contribution in [1.82, 2.24) is 9.97 Å². The molecule has 3 nitrogen and oxygen atoms in total. The Kier molecular flexibility index (Phi) is 2.76. The monoisotopic (exact) mass is 221 g/mol. The Morgan fingerprint density at radius 1 is 1.19 bits per heavy atom. The van der Waals surface area contributed by atoms with E-state index in [2.05, 4.69) is 15.3 Å². The highest BCUT2D eigenvalue weighted by Crippen LogP contribution is 2.22. The molecule has 2 rings (SSSR count). The lowest BCUT2D eigenvalue weighted by atomic mass is 10.2. The molecule has 1 heterocycles. The van der Waals surface area contributed by atoms with E-state index in [1.807, 2.05) is 0 Å². The van der Waals surface area contributed by atoms with Crippen molar-refractivity contribution in [2.24, 2.45) is 0 Å². The molecule has 0 fully saturated rings. The standard InChI is InChI=1S/C11H9F2N3/c1-7-3-2-4-8(12)11(7)16-10-5-9(13)14-6-15-10/h2-6H,1H3,(H,14,15,16). The molecule has 0 saturated carbocycles. The molecule has 0 spiro atoms. The van der Waals surface area contributed by atoms with Crippen LogP contribution in [0.5, 0.6) is 0 Å². The molecule has 0 aliphatic carbocycles. The van der Waals surface area contributed by atoms with E-state index < -0.39 is 11.8 Å². The Morgan fingerprint density at radius 3 is 2.69 bits per heavy atom. The van der Waals surface area contributed by atoms with E-state index in [9.17, 15) is 8.78 Å². The number of halogens is 2. The van der Waals surface area contributed by atoms with E-state index in [1.165, 1.54) is 6.07 Å². The first-order valence-corrected chi connectivity index (χ1v) is 4.66. The summed E-state index contributed by atoms with van der Waals surface area (Å²) in [4.78, 5) is 7.10. The van der Waals surface area contributed by atoms with Crippen LogP contribution in [0, 0.1) is 18.7 Å². The molecule has 0 bridgehead atoms. The van der Waals surface area contributed by atoms with Crippen molar-refractivity contribution in [2.45, 2.75) is 6.92 Å². The van der Waals surface area contributed by atoms with Crippen LogP contribution in [0.25, 0.3) is 0 Å². The Bertz CT molecular complexity index is 494. The molecule has 0 aliphatic rings. The third-order valence-electron chi connectivity index (χ3n) is 2.11. The normalized spacial score (nSPS) is 10.2. The van der Waals surface area contributed by atoms with Gasteiger partial charge in [-0.05, 0) is 18.6 Å². The minimum absolute atomic E-state index is 0.223. The maximum atomic E-state index is 13.4. The molecule has 1 aromatic heterocycles. The van der Waals surface area contributed by atoms with Crippen LogP contribution in [-0.4, -0.2) is 9.97 Å². The molecule has 82 valence electrons. The second-order valence-electron chi connectivity index (χ2n) is 3.28. The molecule has 0 atom stereocenters. The zero-order chi connectivity index (χ0) is 11.5. The summed E-state index contributed by atoms with van der Waals surface area (Å²) in [7, 11) is 0. The number of nitrogens with zero attached hydrogens (tertiary/aromatic N) is 2. The third-order valence-corrected chi connectivity index (χ3v) is 2.11. The lowest BCUT2D eigenvalue weighted by Gasteiger charge is -2.09. The van der Waals surface area contributed by atoms with Gasteiger partial charge in [-0.1, -0.05) is 12.1 Å². The topological polar surface area (TPSA) is 37.8 Å². The van der Waals surface area contributed by atoms with Crippen LogP contribution >= 0.6 is 0 Å². The fourth-order valence-electron chi connectivity index (χ4n) is 1.32. The maximum Gasteiger partial charge on any atom is 0.218 e. The SMILES string of the molecule is Cc1cccc(F)c1Nc1cc(F)ncn1. The van der Waals surface area contributed by atoms with Gasteiger partial charge in [0.1, 0.15) is 18.0 Å².